The van der Waals surface area contributed by atoms with Crippen LogP contribution in [-0.2, 0) is 4.79 Å². The minimum Gasteiger partial charge on any atom is -0.550 e. The minimum absolute atomic E-state index is 0.0723. The molecule has 0 spiro atoms. The van der Waals surface area contributed by atoms with Crippen LogP contribution in [0.25, 0.3) is 0 Å². The van der Waals surface area contributed by atoms with Gasteiger partial charge in [0.1, 0.15) is 0 Å². The molecule has 0 radical (unpaired) electrons. The van der Waals surface area contributed by atoms with Crippen molar-refractivity contribution in [2.24, 2.45) is 0 Å². The van der Waals surface area contributed by atoms with Crippen LogP contribution in [0.5, 0.6) is 0 Å². The van der Waals surface area contributed by atoms with E-state index >= 15 is 0 Å². The molecule has 0 aliphatic rings. The van der Waals surface area contributed by atoms with Crippen LogP contribution in [0.4, 0.5) is 0 Å². The van der Waals surface area contributed by atoms with Crippen LogP contribution in [0.3, 0.4) is 0 Å². The van der Waals surface area contributed by atoms with Crippen LogP contribution in [0.1, 0.15) is 6.42 Å². The van der Waals surface area contributed by atoms with Gasteiger partial charge in [-0.1, -0.05) is 0 Å². The number of rotatable bonds is 4. The first-order valence-corrected chi connectivity index (χ1v) is 3.89. The Morgan fingerprint density at radius 1 is 1.55 bits per heavy atom. The van der Waals surface area contributed by atoms with E-state index in [1.54, 1.807) is 0 Å². The Morgan fingerprint density at radius 3 is 2.27 bits per heavy atom. The third-order valence-electron chi connectivity index (χ3n) is 1.13. The zero-order chi connectivity index (χ0) is 9.07. The highest BCUT2D eigenvalue weighted by molar-refractivity contribution is 6.21. The number of quaternary nitrogens is 1. The third-order valence-corrected chi connectivity index (χ3v) is 1.43. The summed E-state index contributed by atoms with van der Waals surface area (Å²) >= 11 is 5.72. The lowest BCUT2D eigenvalue weighted by atomic mass is 10.3. The topological polar surface area (TPSA) is 40.1 Å². The average molecular weight is 180 g/mol. The molecule has 1 atom stereocenters. The SMILES string of the molecule is C[N+](C)(C)CC(Cl)CC(=O)[O-]. The predicted octanol–water partition coefficient (Wildman–Crippen LogP) is -0.560. The van der Waals surface area contributed by atoms with Crippen molar-refractivity contribution in [3.63, 3.8) is 0 Å². The Labute approximate surface area is 72.2 Å². The van der Waals surface area contributed by atoms with Gasteiger partial charge in [-0.25, -0.2) is 0 Å². The number of carboxylic acid groups (broad SMARTS) is 1. The van der Waals surface area contributed by atoms with Crippen LogP contribution in [0.2, 0.25) is 0 Å². The van der Waals surface area contributed by atoms with Gasteiger partial charge in [0, 0.05) is 12.4 Å². The quantitative estimate of drug-likeness (QED) is 0.429. The molecular formula is C7H14ClNO2. The van der Waals surface area contributed by atoms with Crippen LogP contribution < -0.4 is 5.11 Å². The molecule has 0 heterocycles. The van der Waals surface area contributed by atoms with Gasteiger partial charge in [-0.2, -0.15) is 0 Å². The smallest absolute Gasteiger partial charge is 0.0950 e. The normalized spacial score (nSPS) is 14.5. The van der Waals surface area contributed by atoms with Gasteiger partial charge in [-0.15, -0.1) is 11.6 Å². The van der Waals surface area contributed by atoms with Crippen molar-refractivity contribution in [1.29, 1.82) is 0 Å². The second-order valence-corrected chi connectivity index (χ2v) is 4.26. The first kappa shape index (κ1) is 10.7. The first-order valence-electron chi connectivity index (χ1n) is 3.45. The zero-order valence-corrected chi connectivity index (χ0v) is 7.89. The van der Waals surface area contributed by atoms with Crippen molar-refractivity contribution in [2.45, 2.75) is 11.8 Å². The lowest BCUT2D eigenvalue weighted by Gasteiger charge is -2.26. The van der Waals surface area contributed by atoms with Gasteiger partial charge in [-0.3, -0.25) is 0 Å². The van der Waals surface area contributed by atoms with E-state index in [0.717, 1.165) is 0 Å². The molecule has 0 saturated heterocycles. The summed E-state index contributed by atoms with van der Waals surface area (Å²) in [6.45, 7) is 0.634. The van der Waals surface area contributed by atoms with E-state index in [0.29, 0.717) is 11.0 Å². The van der Waals surface area contributed by atoms with Crippen LogP contribution in [0.15, 0.2) is 0 Å². The number of halogens is 1. The maximum absolute atomic E-state index is 10.1. The second kappa shape index (κ2) is 3.93. The number of hydrogen-bond acceptors (Lipinski definition) is 2. The Morgan fingerprint density at radius 2 is 2.00 bits per heavy atom. The molecule has 0 aromatic carbocycles. The van der Waals surface area contributed by atoms with Gasteiger partial charge in [0.05, 0.1) is 33.1 Å². The summed E-state index contributed by atoms with van der Waals surface area (Å²) in [6, 6.07) is 0. The maximum Gasteiger partial charge on any atom is 0.0950 e. The maximum atomic E-state index is 10.1. The standard InChI is InChI=1S/C7H14ClNO2/c1-9(2,3)5-6(8)4-7(10)11/h6H,4-5H2,1-3H3. The molecule has 0 aromatic rings. The summed E-state index contributed by atoms with van der Waals surface area (Å²) in [6.07, 6.45) is -0.0723. The molecule has 1 unspecified atom stereocenters. The largest absolute Gasteiger partial charge is 0.550 e. The molecule has 0 saturated carbocycles. The van der Waals surface area contributed by atoms with Gasteiger partial charge in [0.25, 0.3) is 0 Å². The Bertz CT molecular complexity index is 142. The van der Waals surface area contributed by atoms with Crippen LogP contribution in [0, 0.1) is 0 Å². The number of carbonyl (C=O) groups excluding carboxylic acids is 1. The second-order valence-electron chi connectivity index (χ2n) is 3.65. The van der Waals surface area contributed by atoms with Gasteiger partial charge in [-0.05, 0) is 0 Å². The summed E-state index contributed by atoms with van der Waals surface area (Å²) in [4.78, 5) is 10.1. The zero-order valence-electron chi connectivity index (χ0n) is 7.13. The average Bonchev–Trinajstić information content (AvgIpc) is 1.53. The summed E-state index contributed by atoms with van der Waals surface area (Å²) in [5, 5.41) is 9.76. The van der Waals surface area contributed by atoms with Gasteiger partial charge < -0.3 is 14.4 Å². The molecule has 4 heteroatoms. The number of aliphatic carboxylic acids is 1. The molecule has 0 amide bonds. The van der Waals surface area contributed by atoms with E-state index in [1.165, 1.54) is 0 Å². The third kappa shape index (κ3) is 7.62. The van der Waals surface area contributed by atoms with Crippen molar-refractivity contribution in [2.75, 3.05) is 27.7 Å². The molecule has 11 heavy (non-hydrogen) atoms. The molecule has 0 aromatic heterocycles. The Hall–Kier alpha value is -0.280. The molecule has 3 nitrogen and oxygen atoms in total. The molecule has 0 fully saturated rings. The summed E-state index contributed by atoms with van der Waals surface area (Å²) in [5.74, 6) is -1.08. The first-order chi connectivity index (χ1) is 4.81. The van der Waals surface area contributed by atoms with Crippen LogP contribution in [-0.4, -0.2) is 43.5 Å². The van der Waals surface area contributed by atoms with Gasteiger partial charge in [0.15, 0.2) is 0 Å². The molecule has 0 aliphatic carbocycles. The molecule has 0 N–H and O–H groups in total. The molecule has 0 rings (SSSR count). The highest BCUT2D eigenvalue weighted by Gasteiger charge is 2.15. The highest BCUT2D eigenvalue weighted by atomic mass is 35.5. The van der Waals surface area contributed by atoms with Gasteiger partial charge >= 0.3 is 0 Å². The number of nitrogens with zero attached hydrogens (tertiary/aromatic N) is 1. The summed E-state index contributed by atoms with van der Waals surface area (Å²) in [7, 11) is 5.89. The van der Waals surface area contributed by atoms with E-state index in [-0.39, 0.29) is 11.8 Å². The Balaban J connectivity index is 3.69. The fraction of sp³-hybridized carbons (Fsp3) is 0.857. The molecular weight excluding hydrogens is 166 g/mol. The van der Waals surface area contributed by atoms with Crippen molar-refractivity contribution in [1.82, 2.24) is 0 Å². The highest BCUT2D eigenvalue weighted by Crippen LogP contribution is 2.05. The summed E-state index contributed by atoms with van der Waals surface area (Å²) < 4.78 is 0.668. The van der Waals surface area contributed by atoms with Crippen molar-refractivity contribution in [3.8, 4) is 0 Å². The molecule has 0 aliphatic heterocycles. The van der Waals surface area contributed by atoms with E-state index in [9.17, 15) is 9.90 Å². The lowest BCUT2D eigenvalue weighted by Crippen LogP contribution is -2.41. The van der Waals surface area contributed by atoms with Crippen molar-refractivity contribution in [3.05, 3.63) is 0 Å². The number of alkyl halides is 1. The van der Waals surface area contributed by atoms with Gasteiger partial charge in [0.2, 0.25) is 0 Å². The molecule has 66 valence electrons. The predicted molar refractivity (Wildman–Crippen MR) is 42.2 cm³/mol. The molecule has 0 bridgehead atoms. The number of carboxylic acids is 1. The van der Waals surface area contributed by atoms with E-state index < -0.39 is 5.97 Å². The van der Waals surface area contributed by atoms with E-state index in [1.807, 2.05) is 21.1 Å². The number of carbonyl (C=O) groups is 1. The van der Waals surface area contributed by atoms with E-state index in [4.69, 9.17) is 11.6 Å². The van der Waals surface area contributed by atoms with Crippen molar-refractivity contribution >= 4 is 17.6 Å². The minimum atomic E-state index is -1.08. The fourth-order valence-electron chi connectivity index (χ4n) is 0.840. The fourth-order valence-corrected chi connectivity index (χ4v) is 1.38. The lowest BCUT2D eigenvalue weighted by molar-refractivity contribution is -0.869. The van der Waals surface area contributed by atoms with E-state index in [2.05, 4.69) is 0 Å². The van der Waals surface area contributed by atoms with Crippen molar-refractivity contribution < 1.29 is 14.4 Å². The summed E-state index contributed by atoms with van der Waals surface area (Å²) in [5.41, 5.74) is 0. The monoisotopic (exact) mass is 179 g/mol. The number of hydrogen-bond donors (Lipinski definition) is 0. The van der Waals surface area contributed by atoms with Crippen LogP contribution >= 0.6 is 11.6 Å². The Kier molecular flexibility index (Phi) is 3.83.